The Hall–Kier alpha value is -2.40. The summed E-state index contributed by atoms with van der Waals surface area (Å²) in [6.07, 6.45) is 28.4. The van der Waals surface area contributed by atoms with Gasteiger partial charge in [0.05, 0.1) is 11.4 Å². The third-order valence-electron chi connectivity index (χ3n) is 6.47. The molecule has 3 heteroatoms. The lowest BCUT2D eigenvalue weighted by Crippen LogP contribution is -2.20. The minimum absolute atomic E-state index is 0.00625. The van der Waals surface area contributed by atoms with E-state index in [0.717, 1.165) is 11.4 Å². The van der Waals surface area contributed by atoms with Crippen LogP contribution < -0.4 is 0 Å². The van der Waals surface area contributed by atoms with E-state index < -0.39 is 0 Å². The smallest absolute Gasteiger partial charge is 0.0649 e. The van der Waals surface area contributed by atoms with Gasteiger partial charge in [-0.25, -0.2) is 5.01 Å². The maximum Gasteiger partial charge on any atom is 0.0649 e. The highest BCUT2D eigenvalue weighted by Gasteiger charge is 2.21. The molecule has 2 aliphatic rings. The van der Waals surface area contributed by atoms with Crippen LogP contribution in [0.3, 0.4) is 0 Å². The maximum absolute atomic E-state index is 5.06. The minimum Gasteiger partial charge on any atom is -0.234 e. The van der Waals surface area contributed by atoms with E-state index in [1.807, 2.05) is 5.01 Å². The topological polar surface area (TPSA) is 15.6 Å². The van der Waals surface area contributed by atoms with Crippen LogP contribution in [0.5, 0.6) is 0 Å². The van der Waals surface area contributed by atoms with Crippen molar-refractivity contribution in [2.24, 2.45) is 21.3 Å². The van der Waals surface area contributed by atoms with Crippen molar-refractivity contribution >= 4 is 28.8 Å². The molecule has 0 heterocycles. The Kier molecular flexibility index (Phi) is 8.55. The highest BCUT2D eigenvalue weighted by Crippen LogP contribution is 2.31. The van der Waals surface area contributed by atoms with E-state index in [9.17, 15) is 0 Å². The van der Waals surface area contributed by atoms with E-state index >= 15 is 0 Å². The average Bonchev–Trinajstić information content (AvgIpc) is 3.08. The SMILES string of the molecule is CC1(C)C=CC=C(N(/N=C/C(C)(C)/C=C/C(C)(C)c2ccc(I)cc2)C2=CC=CC(C)(C)C=C2)C=C1. The fraction of sp³-hybridized carbons (Fsp3) is 0.364. The lowest BCUT2D eigenvalue weighted by molar-refractivity contribution is 0.476. The van der Waals surface area contributed by atoms with Crippen molar-refractivity contribution in [2.75, 3.05) is 0 Å². The molecule has 0 amide bonds. The Labute approximate surface area is 232 Å². The zero-order valence-corrected chi connectivity index (χ0v) is 25.2. The molecule has 3 rings (SSSR count). The number of benzene rings is 1. The molecule has 0 saturated heterocycles. The molecule has 1 aromatic rings. The zero-order valence-electron chi connectivity index (χ0n) is 23.1. The molecule has 0 N–H and O–H groups in total. The molecule has 0 aromatic heterocycles. The highest BCUT2D eigenvalue weighted by atomic mass is 127. The van der Waals surface area contributed by atoms with Gasteiger partial charge in [-0.1, -0.05) is 116 Å². The number of nitrogens with zero attached hydrogens (tertiary/aromatic N) is 2. The summed E-state index contributed by atoms with van der Waals surface area (Å²) in [7, 11) is 0. The van der Waals surface area contributed by atoms with Crippen molar-refractivity contribution in [3.8, 4) is 0 Å². The Balaban J connectivity index is 1.92. The predicted octanol–water partition coefficient (Wildman–Crippen LogP) is 9.51. The lowest BCUT2D eigenvalue weighted by Gasteiger charge is -2.25. The Bertz CT molecular complexity index is 1130. The standard InChI is InChI=1S/C33H41IN2/c1-30(2)19-9-11-28(17-21-30)36(29-12-10-20-31(3,4)22-18-29)35-25-32(5,6)23-24-33(7,8)26-13-15-27(34)16-14-26/h9-25H,1-8H3/b24-23+,35-25+. The van der Waals surface area contributed by atoms with Crippen LogP contribution >= 0.6 is 22.6 Å². The normalized spacial score (nSPS) is 19.4. The van der Waals surface area contributed by atoms with Crippen LogP contribution in [0.15, 0.2) is 114 Å². The van der Waals surface area contributed by atoms with Gasteiger partial charge in [-0.3, -0.25) is 0 Å². The van der Waals surface area contributed by atoms with Crippen molar-refractivity contribution in [3.63, 3.8) is 0 Å². The maximum atomic E-state index is 5.06. The van der Waals surface area contributed by atoms with Crippen LogP contribution in [0.1, 0.15) is 61.0 Å². The molecule has 0 atom stereocenters. The molecule has 0 saturated carbocycles. The Morgan fingerprint density at radius 2 is 1.25 bits per heavy atom. The molecule has 0 bridgehead atoms. The highest BCUT2D eigenvalue weighted by molar-refractivity contribution is 14.1. The molecule has 190 valence electrons. The summed E-state index contributed by atoms with van der Waals surface area (Å²) in [6.45, 7) is 17.8. The van der Waals surface area contributed by atoms with Gasteiger partial charge < -0.3 is 0 Å². The summed E-state index contributed by atoms with van der Waals surface area (Å²) in [5.41, 5.74) is 3.10. The number of hydrazone groups is 1. The van der Waals surface area contributed by atoms with E-state index in [4.69, 9.17) is 5.10 Å². The molecule has 2 nitrogen and oxygen atoms in total. The molecule has 0 aliphatic heterocycles. The van der Waals surface area contributed by atoms with E-state index in [-0.39, 0.29) is 21.7 Å². The first-order chi connectivity index (χ1) is 16.7. The number of halogens is 1. The summed E-state index contributed by atoms with van der Waals surface area (Å²) in [5.74, 6) is 0. The first kappa shape index (κ1) is 28.2. The predicted molar refractivity (Wildman–Crippen MR) is 166 cm³/mol. The van der Waals surface area contributed by atoms with Gasteiger partial charge in [0.15, 0.2) is 0 Å². The molecular formula is C33H41IN2. The fourth-order valence-corrected chi connectivity index (χ4v) is 4.18. The van der Waals surface area contributed by atoms with Crippen molar-refractivity contribution in [1.29, 1.82) is 0 Å². The third-order valence-corrected chi connectivity index (χ3v) is 7.18. The van der Waals surface area contributed by atoms with Crippen molar-refractivity contribution in [2.45, 2.75) is 60.8 Å². The second-order valence-electron chi connectivity index (χ2n) is 12.2. The second-order valence-corrected chi connectivity index (χ2v) is 13.4. The van der Waals surface area contributed by atoms with Gasteiger partial charge in [0.2, 0.25) is 0 Å². The van der Waals surface area contributed by atoms with Crippen LogP contribution in [0, 0.1) is 19.8 Å². The molecule has 0 unspecified atom stereocenters. The van der Waals surface area contributed by atoms with Crippen LogP contribution in [0.2, 0.25) is 0 Å². The first-order valence-corrected chi connectivity index (χ1v) is 13.8. The molecular weight excluding hydrogens is 551 g/mol. The second kappa shape index (κ2) is 10.9. The number of rotatable bonds is 7. The third kappa shape index (κ3) is 8.06. The van der Waals surface area contributed by atoms with Gasteiger partial charge in [-0.2, -0.15) is 5.10 Å². The molecule has 2 aliphatic carbocycles. The van der Waals surface area contributed by atoms with Gasteiger partial charge in [0.25, 0.3) is 0 Å². The summed E-state index contributed by atoms with van der Waals surface area (Å²) < 4.78 is 1.25. The number of hydrogen-bond acceptors (Lipinski definition) is 2. The van der Waals surface area contributed by atoms with E-state index in [2.05, 4.69) is 181 Å². The Morgan fingerprint density at radius 3 is 1.75 bits per heavy atom. The molecule has 0 spiro atoms. The van der Waals surface area contributed by atoms with E-state index in [1.165, 1.54) is 9.13 Å². The fourth-order valence-electron chi connectivity index (χ4n) is 3.83. The van der Waals surface area contributed by atoms with Crippen molar-refractivity contribution in [1.82, 2.24) is 5.01 Å². The average molecular weight is 593 g/mol. The first-order valence-electron chi connectivity index (χ1n) is 12.7. The Morgan fingerprint density at radius 1 is 0.750 bits per heavy atom. The summed E-state index contributed by atoms with van der Waals surface area (Å²) in [6, 6.07) is 8.77. The minimum atomic E-state index is -0.229. The lowest BCUT2D eigenvalue weighted by atomic mass is 9.81. The summed E-state index contributed by atoms with van der Waals surface area (Å²) in [5, 5.41) is 7.10. The van der Waals surface area contributed by atoms with Gasteiger partial charge in [-0.05, 0) is 64.6 Å². The zero-order chi connectivity index (χ0) is 26.6. The van der Waals surface area contributed by atoms with E-state index in [1.54, 1.807) is 0 Å². The molecule has 0 radical (unpaired) electrons. The van der Waals surface area contributed by atoms with Gasteiger partial charge in [-0.15, -0.1) is 0 Å². The molecule has 0 fully saturated rings. The van der Waals surface area contributed by atoms with Crippen molar-refractivity contribution < 1.29 is 0 Å². The largest absolute Gasteiger partial charge is 0.234 e. The monoisotopic (exact) mass is 592 g/mol. The van der Waals surface area contributed by atoms with Gasteiger partial charge >= 0.3 is 0 Å². The number of allylic oxidation sites excluding steroid dienone is 12. The summed E-state index contributed by atoms with van der Waals surface area (Å²) in [4.78, 5) is 0. The summed E-state index contributed by atoms with van der Waals surface area (Å²) >= 11 is 2.35. The van der Waals surface area contributed by atoms with Gasteiger partial charge in [0, 0.05) is 31.4 Å². The van der Waals surface area contributed by atoms with Crippen LogP contribution in [0.4, 0.5) is 0 Å². The quantitative estimate of drug-likeness (QED) is 0.133. The van der Waals surface area contributed by atoms with E-state index in [0.29, 0.717) is 0 Å². The van der Waals surface area contributed by atoms with Crippen LogP contribution in [-0.4, -0.2) is 11.2 Å². The number of hydrogen-bond donors (Lipinski definition) is 0. The van der Waals surface area contributed by atoms with Gasteiger partial charge in [0.1, 0.15) is 0 Å². The molecule has 36 heavy (non-hydrogen) atoms. The van der Waals surface area contributed by atoms with Crippen LogP contribution in [-0.2, 0) is 5.41 Å². The van der Waals surface area contributed by atoms with Crippen LogP contribution in [0.25, 0.3) is 0 Å². The molecule has 1 aromatic carbocycles. The van der Waals surface area contributed by atoms with Crippen molar-refractivity contribution in [3.05, 3.63) is 118 Å².